The van der Waals surface area contributed by atoms with Gasteiger partial charge in [0.2, 0.25) is 0 Å². The molecule has 0 amide bonds. The fourth-order valence-electron chi connectivity index (χ4n) is 0.168. The van der Waals surface area contributed by atoms with Crippen LogP contribution in [0.1, 0.15) is 6.92 Å². The molecular weight excluding hydrogens is 244 g/mol. The molecule has 0 aromatic rings. The first-order chi connectivity index (χ1) is 4.79. The average Bonchev–Trinajstić information content (AvgIpc) is 1.58. The number of phosphoric acid groups is 1. The summed E-state index contributed by atoms with van der Waals surface area (Å²) in [5.74, 6) is 0. The second-order valence-corrected chi connectivity index (χ2v) is 3.00. The van der Waals surface area contributed by atoms with Crippen LogP contribution in [0.4, 0.5) is 0 Å². The molecule has 0 bridgehead atoms. The minimum atomic E-state index is -4.17. The normalized spacial score (nSPS) is 9.08. The van der Waals surface area contributed by atoms with Crippen LogP contribution < -0.4 is 0 Å². The molecule has 0 saturated carbocycles. The van der Waals surface area contributed by atoms with Crippen molar-refractivity contribution in [2.75, 3.05) is 6.61 Å². The van der Waals surface area contributed by atoms with E-state index in [1.807, 2.05) is 0 Å². The van der Waals surface area contributed by atoms with E-state index in [4.69, 9.17) is 24.1 Å². The standard InChI is InChI=1S/C2H7O4P.2Na.H3O3P.2H/c1-2-6-7(3,4)5;;;1-4(2)3;;/h2H2,1H3,(H2,3,4,5);;;4H,(H2,1,2,3);;. The predicted molar refractivity (Wildman–Crippen MR) is 51.4 cm³/mol. The van der Waals surface area contributed by atoms with Crippen molar-refractivity contribution >= 4 is 75.2 Å². The maximum absolute atomic E-state index is 9.70. The molecule has 0 heterocycles. The Morgan fingerprint density at radius 3 is 1.54 bits per heavy atom. The summed E-state index contributed by atoms with van der Waals surface area (Å²) in [6.45, 7) is 1.56. The number of rotatable bonds is 2. The van der Waals surface area contributed by atoms with Crippen molar-refractivity contribution in [1.29, 1.82) is 0 Å². The van der Waals surface area contributed by atoms with Crippen molar-refractivity contribution in [1.82, 2.24) is 0 Å². The summed E-state index contributed by atoms with van der Waals surface area (Å²) < 4.78 is 22.3. The molecule has 13 heavy (non-hydrogen) atoms. The summed E-state index contributed by atoms with van der Waals surface area (Å²) >= 11 is 0. The van der Waals surface area contributed by atoms with Crippen LogP contribution in [0, 0.1) is 0 Å². The van der Waals surface area contributed by atoms with Gasteiger partial charge in [0.25, 0.3) is 0 Å². The van der Waals surface area contributed by atoms with Crippen molar-refractivity contribution in [2.45, 2.75) is 6.92 Å². The minimum absolute atomic E-state index is 0. The Bertz CT molecular complexity index is 153. The van der Waals surface area contributed by atoms with Gasteiger partial charge in [0, 0.05) is 0 Å². The monoisotopic (exact) mass is 256 g/mol. The zero-order valence-corrected chi connectivity index (χ0v) is 7.56. The van der Waals surface area contributed by atoms with Crippen molar-refractivity contribution in [3.8, 4) is 0 Å². The van der Waals surface area contributed by atoms with E-state index in [1.54, 1.807) is 0 Å². The van der Waals surface area contributed by atoms with Crippen LogP contribution in [0.25, 0.3) is 0 Å². The second kappa shape index (κ2) is 14.3. The van der Waals surface area contributed by atoms with Crippen molar-refractivity contribution in [2.24, 2.45) is 0 Å². The Morgan fingerprint density at radius 1 is 1.31 bits per heavy atom. The summed E-state index contributed by atoms with van der Waals surface area (Å²) in [7, 11) is -7.30. The summed E-state index contributed by atoms with van der Waals surface area (Å²) in [4.78, 5) is 30.1. The number of hydrogen-bond donors (Lipinski definition) is 4. The first-order valence-electron chi connectivity index (χ1n) is 2.41. The van der Waals surface area contributed by atoms with Gasteiger partial charge in [-0.05, 0) is 6.92 Å². The number of phosphoric ester groups is 1. The van der Waals surface area contributed by atoms with Crippen LogP contribution in [0.2, 0.25) is 0 Å². The molecule has 0 aliphatic carbocycles. The summed E-state index contributed by atoms with van der Waals surface area (Å²) in [5.41, 5.74) is 0. The van der Waals surface area contributed by atoms with Crippen LogP contribution >= 0.6 is 16.1 Å². The van der Waals surface area contributed by atoms with E-state index in [2.05, 4.69) is 4.52 Å². The van der Waals surface area contributed by atoms with Gasteiger partial charge in [0.1, 0.15) is 0 Å². The topological polar surface area (TPSA) is 124 Å². The molecule has 7 nitrogen and oxygen atoms in total. The molecule has 11 heteroatoms. The molecule has 0 aromatic heterocycles. The molecule has 0 aromatic carbocycles. The van der Waals surface area contributed by atoms with Gasteiger partial charge in [0.15, 0.2) is 0 Å². The molecule has 0 atom stereocenters. The van der Waals surface area contributed by atoms with Crippen LogP contribution in [0.5, 0.6) is 0 Å². The third-order valence-corrected chi connectivity index (χ3v) is 0.892. The first-order valence-corrected chi connectivity index (χ1v) is 5.25. The van der Waals surface area contributed by atoms with Crippen molar-refractivity contribution in [3.63, 3.8) is 0 Å². The maximum atomic E-state index is 9.70. The zero-order valence-electron chi connectivity index (χ0n) is 5.67. The molecule has 0 unspecified atom stereocenters. The predicted octanol–water partition coefficient (Wildman–Crippen LogP) is -1.82. The fraction of sp³-hybridized carbons (Fsp3) is 1.00. The second-order valence-electron chi connectivity index (χ2n) is 1.19. The summed E-state index contributed by atoms with van der Waals surface area (Å²) in [6.07, 6.45) is 0. The molecule has 0 aliphatic heterocycles. The quantitative estimate of drug-likeness (QED) is 0.338. The third-order valence-electron chi connectivity index (χ3n) is 0.297. The fourth-order valence-corrected chi connectivity index (χ4v) is 0.505. The van der Waals surface area contributed by atoms with E-state index in [1.165, 1.54) is 6.92 Å². The van der Waals surface area contributed by atoms with Gasteiger partial charge in [-0.15, -0.1) is 0 Å². The average molecular weight is 256 g/mol. The Kier molecular flexibility index (Phi) is 26.8. The van der Waals surface area contributed by atoms with Crippen molar-refractivity contribution in [3.05, 3.63) is 0 Å². The van der Waals surface area contributed by atoms with Crippen LogP contribution in [0.3, 0.4) is 0 Å². The summed E-state index contributed by atoms with van der Waals surface area (Å²) in [5, 5.41) is 0. The van der Waals surface area contributed by atoms with E-state index in [9.17, 15) is 4.57 Å². The number of hydrogen-bond acceptors (Lipinski definition) is 3. The van der Waals surface area contributed by atoms with Gasteiger partial charge in [0.05, 0.1) is 6.61 Å². The van der Waals surface area contributed by atoms with Gasteiger partial charge in [-0.25, -0.2) is 4.57 Å². The van der Waals surface area contributed by atoms with Gasteiger partial charge in [-0.3, -0.25) is 9.09 Å². The molecule has 74 valence electrons. The van der Waals surface area contributed by atoms with Gasteiger partial charge in [-0.1, -0.05) is 0 Å². The Balaban J connectivity index is -0.0000000600. The first kappa shape index (κ1) is 24.5. The zero-order chi connectivity index (χ0) is 9.49. The van der Waals surface area contributed by atoms with Gasteiger partial charge < -0.3 is 19.6 Å². The molecule has 0 radical (unpaired) electrons. The van der Waals surface area contributed by atoms with Crippen LogP contribution in [-0.4, -0.2) is 85.3 Å². The molecule has 0 spiro atoms. The summed E-state index contributed by atoms with van der Waals surface area (Å²) in [6, 6.07) is 0. The molecule has 0 rings (SSSR count). The van der Waals surface area contributed by atoms with Gasteiger partial charge >= 0.3 is 75.2 Å². The Morgan fingerprint density at radius 2 is 1.54 bits per heavy atom. The molecule has 0 aliphatic rings. The van der Waals surface area contributed by atoms with E-state index in [0.717, 1.165) is 0 Å². The molecular formula is C2H12Na2O7P2. The van der Waals surface area contributed by atoms with Crippen LogP contribution in [0.15, 0.2) is 0 Å². The van der Waals surface area contributed by atoms with E-state index >= 15 is 0 Å². The molecule has 0 saturated heterocycles. The molecule has 0 fully saturated rings. The van der Waals surface area contributed by atoms with E-state index < -0.39 is 16.1 Å². The van der Waals surface area contributed by atoms with Crippen molar-refractivity contribution < 1.29 is 33.2 Å². The third kappa shape index (κ3) is 54.7. The van der Waals surface area contributed by atoms with Crippen LogP contribution in [-0.2, 0) is 13.7 Å². The SMILES string of the molecule is CCOP(=O)(O)O.O=[PH](O)O.[NaH].[NaH]. The van der Waals surface area contributed by atoms with E-state index in [-0.39, 0.29) is 65.7 Å². The molecule has 4 N–H and O–H groups in total. The Labute approximate surface area is 121 Å². The van der Waals surface area contributed by atoms with Gasteiger partial charge in [-0.2, -0.15) is 0 Å². The van der Waals surface area contributed by atoms with E-state index in [0.29, 0.717) is 0 Å². The Hall–Kier alpha value is 2.26.